The second-order valence-corrected chi connectivity index (χ2v) is 3.83. The van der Waals surface area contributed by atoms with Gasteiger partial charge >= 0.3 is 0 Å². The van der Waals surface area contributed by atoms with Crippen molar-refractivity contribution < 1.29 is 4.74 Å². The van der Waals surface area contributed by atoms with Crippen molar-refractivity contribution in [2.75, 3.05) is 0 Å². The van der Waals surface area contributed by atoms with Crippen LogP contribution in [0.1, 0.15) is 19.3 Å². The molecule has 3 aliphatic rings. The lowest BCUT2D eigenvalue weighted by molar-refractivity contribution is 0.0123. The lowest BCUT2D eigenvalue weighted by Gasteiger charge is -2.39. The van der Waals surface area contributed by atoms with Gasteiger partial charge in [0.15, 0.2) is 0 Å². The highest BCUT2D eigenvalue weighted by Gasteiger charge is 2.40. The summed E-state index contributed by atoms with van der Waals surface area (Å²) in [6, 6.07) is 0.615. The number of rotatable bonds is 0. The van der Waals surface area contributed by atoms with E-state index in [0.29, 0.717) is 12.1 Å². The zero-order valence-electron chi connectivity index (χ0n) is 7.43. The molecule has 0 aromatic carbocycles. The molecule has 0 spiro atoms. The van der Waals surface area contributed by atoms with Crippen LogP contribution in [0.25, 0.3) is 0 Å². The molecule has 3 heteroatoms. The van der Waals surface area contributed by atoms with Crippen LogP contribution < -0.4 is 0 Å². The summed E-state index contributed by atoms with van der Waals surface area (Å²) < 4.78 is 5.60. The van der Waals surface area contributed by atoms with Crippen molar-refractivity contribution in [1.82, 2.24) is 4.90 Å². The molecule has 3 unspecified atom stereocenters. The molecule has 3 atom stereocenters. The lowest BCUT2D eigenvalue weighted by Crippen LogP contribution is -2.45. The summed E-state index contributed by atoms with van der Waals surface area (Å²) in [5, 5.41) is 0. The van der Waals surface area contributed by atoms with E-state index in [1.165, 1.54) is 19.3 Å². The normalized spacial score (nSPS) is 39.4. The summed E-state index contributed by atoms with van der Waals surface area (Å²) in [6.07, 6.45) is 12.7. The molecule has 1 saturated carbocycles. The van der Waals surface area contributed by atoms with Gasteiger partial charge < -0.3 is 9.64 Å². The highest BCUT2D eigenvalue weighted by Crippen LogP contribution is 2.37. The largest absolute Gasteiger partial charge is 0.494 e. The first-order chi connectivity index (χ1) is 5.95. The van der Waals surface area contributed by atoms with Crippen LogP contribution in [0.2, 0.25) is 0 Å². The Morgan fingerprint density at radius 1 is 1.23 bits per heavy atom. The molecule has 0 aromatic rings. The Kier molecular flexibility index (Phi) is 2.24. The zero-order chi connectivity index (χ0) is 7.97. The van der Waals surface area contributed by atoms with Crippen LogP contribution in [0, 0.1) is 5.92 Å². The first-order valence-corrected chi connectivity index (χ1v) is 4.73. The number of halogens is 1. The highest BCUT2D eigenvalue weighted by atomic mass is 35.5. The average Bonchev–Trinajstić information content (AvgIpc) is 2.52. The highest BCUT2D eigenvalue weighted by molar-refractivity contribution is 5.85. The third-order valence-corrected chi connectivity index (χ3v) is 3.18. The van der Waals surface area contributed by atoms with Crippen molar-refractivity contribution >= 4 is 12.4 Å². The van der Waals surface area contributed by atoms with Crippen molar-refractivity contribution in [1.29, 1.82) is 0 Å². The summed E-state index contributed by atoms with van der Waals surface area (Å²) in [5.41, 5.74) is 0. The zero-order valence-corrected chi connectivity index (χ0v) is 8.24. The molecule has 2 aliphatic heterocycles. The van der Waals surface area contributed by atoms with Gasteiger partial charge in [-0.1, -0.05) is 6.08 Å². The Morgan fingerprint density at radius 3 is 3.08 bits per heavy atom. The van der Waals surface area contributed by atoms with Gasteiger partial charge in [-0.05, 0) is 19.3 Å². The van der Waals surface area contributed by atoms with Crippen LogP contribution in [-0.2, 0) is 4.74 Å². The predicted molar refractivity (Wildman–Crippen MR) is 53.4 cm³/mol. The number of hydrogen-bond donors (Lipinski definition) is 0. The average molecular weight is 200 g/mol. The van der Waals surface area contributed by atoms with Gasteiger partial charge in [-0.15, -0.1) is 12.4 Å². The molecule has 1 fully saturated rings. The molecular formula is C10H14ClNO. The Hall–Kier alpha value is -0.630. The summed E-state index contributed by atoms with van der Waals surface area (Å²) in [7, 11) is 0. The van der Waals surface area contributed by atoms with Gasteiger partial charge in [-0.25, -0.2) is 0 Å². The SMILES string of the molecule is C1=CN2C=CC3CCCC(O1)C32.Cl. The molecule has 0 N–H and O–H groups in total. The van der Waals surface area contributed by atoms with Gasteiger partial charge in [0.2, 0.25) is 0 Å². The molecule has 0 radical (unpaired) electrons. The Balaban J connectivity index is 0.000000653. The third-order valence-electron chi connectivity index (χ3n) is 3.18. The molecule has 1 aliphatic carbocycles. The summed E-state index contributed by atoms with van der Waals surface area (Å²) in [6.45, 7) is 0. The molecule has 3 rings (SSSR count). The number of ether oxygens (including phenoxy) is 1. The van der Waals surface area contributed by atoms with Gasteiger partial charge in [0.1, 0.15) is 6.10 Å². The van der Waals surface area contributed by atoms with Crippen molar-refractivity contribution in [2.45, 2.75) is 31.4 Å². The van der Waals surface area contributed by atoms with E-state index in [4.69, 9.17) is 4.74 Å². The lowest BCUT2D eigenvalue weighted by atomic mass is 9.83. The van der Waals surface area contributed by atoms with Crippen molar-refractivity contribution in [3.8, 4) is 0 Å². The first-order valence-electron chi connectivity index (χ1n) is 4.73. The third kappa shape index (κ3) is 1.24. The maximum atomic E-state index is 5.60. The van der Waals surface area contributed by atoms with E-state index >= 15 is 0 Å². The molecule has 2 heterocycles. The quantitative estimate of drug-likeness (QED) is 0.594. The Morgan fingerprint density at radius 2 is 2.15 bits per heavy atom. The van der Waals surface area contributed by atoms with Gasteiger partial charge in [-0.2, -0.15) is 0 Å². The number of nitrogens with zero attached hydrogens (tertiary/aromatic N) is 1. The van der Waals surface area contributed by atoms with Crippen LogP contribution in [0.4, 0.5) is 0 Å². The Bertz CT molecular complexity index is 251. The molecular weight excluding hydrogens is 186 g/mol. The summed E-state index contributed by atoms with van der Waals surface area (Å²) >= 11 is 0. The summed E-state index contributed by atoms with van der Waals surface area (Å²) in [4.78, 5) is 2.30. The molecule has 0 saturated heterocycles. The molecule has 72 valence electrons. The van der Waals surface area contributed by atoms with Gasteiger partial charge in [-0.3, -0.25) is 0 Å². The fourth-order valence-corrected chi connectivity index (χ4v) is 2.61. The van der Waals surface area contributed by atoms with Crippen LogP contribution >= 0.6 is 12.4 Å². The van der Waals surface area contributed by atoms with Crippen molar-refractivity contribution in [2.24, 2.45) is 5.92 Å². The second-order valence-electron chi connectivity index (χ2n) is 3.83. The van der Waals surface area contributed by atoms with Crippen molar-refractivity contribution in [3.05, 3.63) is 24.7 Å². The van der Waals surface area contributed by atoms with Gasteiger partial charge in [0.25, 0.3) is 0 Å². The molecule has 0 amide bonds. The van der Waals surface area contributed by atoms with E-state index in [1.807, 2.05) is 12.5 Å². The van der Waals surface area contributed by atoms with E-state index in [0.717, 1.165) is 5.92 Å². The fourth-order valence-electron chi connectivity index (χ4n) is 2.61. The van der Waals surface area contributed by atoms with E-state index in [9.17, 15) is 0 Å². The molecule has 0 aromatic heterocycles. The van der Waals surface area contributed by atoms with Crippen LogP contribution in [0.5, 0.6) is 0 Å². The minimum absolute atomic E-state index is 0. The van der Waals surface area contributed by atoms with E-state index in [-0.39, 0.29) is 12.4 Å². The Labute approximate surface area is 84.7 Å². The molecule has 0 bridgehead atoms. The second kappa shape index (κ2) is 3.26. The monoisotopic (exact) mass is 199 g/mol. The number of hydrogen-bond acceptors (Lipinski definition) is 2. The molecule has 13 heavy (non-hydrogen) atoms. The van der Waals surface area contributed by atoms with E-state index < -0.39 is 0 Å². The molecule has 2 nitrogen and oxygen atoms in total. The smallest absolute Gasteiger partial charge is 0.119 e. The maximum Gasteiger partial charge on any atom is 0.119 e. The minimum Gasteiger partial charge on any atom is -0.494 e. The fraction of sp³-hybridized carbons (Fsp3) is 0.600. The minimum atomic E-state index is 0. The van der Waals surface area contributed by atoms with E-state index in [2.05, 4.69) is 17.2 Å². The van der Waals surface area contributed by atoms with Gasteiger partial charge in [0, 0.05) is 18.3 Å². The first kappa shape index (κ1) is 8.95. The summed E-state index contributed by atoms with van der Waals surface area (Å²) in [5.74, 6) is 0.744. The van der Waals surface area contributed by atoms with Crippen LogP contribution in [-0.4, -0.2) is 17.0 Å². The van der Waals surface area contributed by atoms with E-state index in [1.54, 1.807) is 0 Å². The predicted octanol–water partition coefficient (Wildman–Crippen LogP) is 2.28. The maximum absolute atomic E-state index is 5.60. The van der Waals surface area contributed by atoms with Crippen molar-refractivity contribution in [3.63, 3.8) is 0 Å². The standard InChI is InChI=1S/C10H13NO.ClH/c1-2-8-4-5-11-6-7-12-9(3-1)10(8)11;/h4-10H,1-3H2;1H. The van der Waals surface area contributed by atoms with Crippen LogP contribution in [0.15, 0.2) is 24.7 Å². The van der Waals surface area contributed by atoms with Gasteiger partial charge in [0.05, 0.1) is 12.3 Å². The van der Waals surface area contributed by atoms with Crippen LogP contribution in [0.3, 0.4) is 0 Å². The topological polar surface area (TPSA) is 12.5 Å².